The van der Waals surface area contributed by atoms with E-state index in [4.69, 9.17) is 17.0 Å². The van der Waals surface area contributed by atoms with E-state index in [9.17, 15) is 18.8 Å². The molecule has 2 aromatic carbocycles. The number of halogens is 1. The van der Waals surface area contributed by atoms with Gasteiger partial charge in [0.15, 0.2) is 5.11 Å². The zero-order valence-corrected chi connectivity index (χ0v) is 21.3. The fraction of sp³-hybridized carbons (Fsp3) is 0.385. The van der Waals surface area contributed by atoms with Crippen molar-refractivity contribution in [3.63, 3.8) is 0 Å². The van der Waals surface area contributed by atoms with Crippen molar-refractivity contribution in [3.05, 3.63) is 59.9 Å². The van der Waals surface area contributed by atoms with Crippen LogP contribution in [-0.4, -0.2) is 51.9 Å². The van der Waals surface area contributed by atoms with Crippen LogP contribution in [0.4, 0.5) is 10.1 Å². The number of hydrazine groups is 1. The van der Waals surface area contributed by atoms with Gasteiger partial charge in [0.2, 0.25) is 5.91 Å². The molecule has 192 valence electrons. The summed E-state index contributed by atoms with van der Waals surface area (Å²) in [5.74, 6) is -1.32. The standard InChI is InChI=1S/C26H31FN4O4S/c1-3-5-6-7-15-35-21-13-11-20(12-14-21)28-23(32)17-22-25(34)30(4-2)26(36)31(22)29-24(33)18-9-8-10-19(27)16-18/h8-14,16,22H,3-7,15,17H2,1-2H3,(H,28,32)(H,29,33). The summed E-state index contributed by atoms with van der Waals surface area (Å²) in [5.41, 5.74) is 3.17. The van der Waals surface area contributed by atoms with Crippen LogP contribution in [0.25, 0.3) is 0 Å². The second-order valence-electron chi connectivity index (χ2n) is 8.39. The second kappa shape index (κ2) is 13.0. The quantitative estimate of drug-likeness (QED) is 0.325. The number of hydrogen-bond acceptors (Lipinski definition) is 5. The molecule has 1 aliphatic heterocycles. The maximum Gasteiger partial charge on any atom is 0.269 e. The molecule has 0 aromatic heterocycles. The van der Waals surface area contributed by atoms with Gasteiger partial charge in [-0.1, -0.05) is 32.3 Å². The molecule has 0 aliphatic carbocycles. The van der Waals surface area contributed by atoms with Gasteiger partial charge in [0.25, 0.3) is 11.8 Å². The first-order valence-electron chi connectivity index (χ1n) is 12.1. The van der Waals surface area contributed by atoms with Gasteiger partial charge in [-0.15, -0.1) is 0 Å². The van der Waals surface area contributed by atoms with Crippen LogP contribution in [0.1, 0.15) is 56.3 Å². The highest BCUT2D eigenvalue weighted by atomic mass is 32.1. The van der Waals surface area contributed by atoms with Gasteiger partial charge >= 0.3 is 0 Å². The van der Waals surface area contributed by atoms with Crippen molar-refractivity contribution in [1.82, 2.24) is 15.3 Å². The summed E-state index contributed by atoms with van der Waals surface area (Å²) in [4.78, 5) is 39.7. The van der Waals surface area contributed by atoms with Gasteiger partial charge < -0.3 is 10.1 Å². The molecule has 0 spiro atoms. The van der Waals surface area contributed by atoms with Crippen LogP contribution in [0.5, 0.6) is 5.75 Å². The Hall–Kier alpha value is -3.53. The van der Waals surface area contributed by atoms with E-state index in [1.54, 1.807) is 31.2 Å². The number of benzene rings is 2. The third-order valence-corrected chi connectivity index (χ3v) is 6.13. The first-order chi connectivity index (χ1) is 17.3. The minimum atomic E-state index is -1.03. The molecule has 3 rings (SSSR count). The molecule has 2 aromatic rings. The number of nitrogens with zero attached hydrogens (tertiary/aromatic N) is 2. The Morgan fingerprint density at radius 3 is 2.50 bits per heavy atom. The monoisotopic (exact) mass is 514 g/mol. The number of ether oxygens (including phenoxy) is 1. The van der Waals surface area contributed by atoms with Crippen molar-refractivity contribution in [1.29, 1.82) is 0 Å². The predicted molar refractivity (Wildman–Crippen MR) is 139 cm³/mol. The lowest BCUT2D eigenvalue weighted by atomic mass is 10.1. The van der Waals surface area contributed by atoms with Crippen molar-refractivity contribution in [2.75, 3.05) is 18.5 Å². The molecule has 8 nitrogen and oxygen atoms in total. The van der Waals surface area contributed by atoms with Crippen molar-refractivity contribution in [3.8, 4) is 5.75 Å². The molecule has 1 saturated heterocycles. The molecule has 36 heavy (non-hydrogen) atoms. The molecule has 2 N–H and O–H groups in total. The van der Waals surface area contributed by atoms with E-state index in [1.807, 2.05) is 0 Å². The molecule has 0 bridgehead atoms. The smallest absolute Gasteiger partial charge is 0.269 e. The Bertz CT molecular complexity index is 1100. The molecular formula is C26H31FN4O4S. The lowest BCUT2D eigenvalue weighted by molar-refractivity contribution is -0.130. The summed E-state index contributed by atoms with van der Waals surface area (Å²) in [6.07, 6.45) is 4.23. The maximum atomic E-state index is 13.5. The van der Waals surface area contributed by atoms with Crippen LogP contribution in [-0.2, 0) is 9.59 Å². The average molecular weight is 515 g/mol. The van der Waals surface area contributed by atoms with Crippen LogP contribution >= 0.6 is 12.2 Å². The lowest BCUT2D eigenvalue weighted by Crippen LogP contribution is -2.49. The fourth-order valence-electron chi connectivity index (χ4n) is 3.79. The van der Waals surface area contributed by atoms with E-state index >= 15 is 0 Å². The van der Waals surface area contributed by atoms with E-state index in [1.165, 1.54) is 40.9 Å². The molecule has 10 heteroatoms. The van der Waals surface area contributed by atoms with Gasteiger partial charge in [0.05, 0.1) is 13.0 Å². The first kappa shape index (κ1) is 27.1. The number of carbonyl (C=O) groups is 3. The van der Waals surface area contributed by atoms with Gasteiger partial charge in [-0.2, -0.15) is 0 Å². The molecular weight excluding hydrogens is 483 g/mol. The van der Waals surface area contributed by atoms with Gasteiger partial charge in [-0.05, 0) is 68.0 Å². The molecule has 1 aliphatic rings. The van der Waals surface area contributed by atoms with Crippen LogP contribution in [0.3, 0.4) is 0 Å². The highest BCUT2D eigenvalue weighted by molar-refractivity contribution is 7.80. The average Bonchev–Trinajstić information content (AvgIpc) is 3.08. The first-order valence-corrected chi connectivity index (χ1v) is 12.5. The minimum absolute atomic E-state index is 0.0658. The lowest BCUT2D eigenvalue weighted by Gasteiger charge is -2.24. The number of likely N-dealkylation sites (N-methyl/N-ethyl adjacent to an activating group) is 1. The Kier molecular flexibility index (Phi) is 9.75. The Morgan fingerprint density at radius 1 is 1.08 bits per heavy atom. The topological polar surface area (TPSA) is 91.0 Å². The normalized spacial score (nSPS) is 15.2. The van der Waals surface area contributed by atoms with E-state index in [2.05, 4.69) is 17.7 Å². The molecule has 3 amide bonds. The number of unbranched alkanes of at least 4 members (excludes halogenated alkanes) is 3. The summed E-state index contributed by atoms with van der Waals surface area (Å²) in [6, 6.07) is 11.1. The van der Waals surface area contributed by atoms with E-state index < -0.39 is 29.6 Å². The van der Waals surface area contributed by atoms with Crippen LogP contribution < -0.4 is 15.5 Å². The Balaban J connectivity index is 1.61. The Labute approximate surface area is 215 Å². The van der Waals surface area contributed by atoms with Crippen LogP contribution in [0, 0.1) is 5.82 Å². The van der Waals surface area contributed by atoms with Crippen molar-refractivity contribution in [2.24, 2.45) is 0 Å². The maximum absolute atomic E-state index is 13.5. The molecule has 1 unspecified atom stereocenters. The number of thiocarbonyl (C=S) groups is 1. The van der Waals surface area contributed by atoms with Crippen molar-refractivity contribution in [2.45, 2.75) is 52.0 Å². The van der Waals surface area contributed by atoms with Crippen molar-refractivity contribution < 1.29 is 23.5 Å². The number of nitrogens with one attached hydrogen (secondary N) is 2. The Morgan fingerprint density at radius 2 is 1.83 bits per heavy atom. The van der Waals surface area contributed by atoms with Crippen molar-refractivity contribution >= 4 is 40.7 Å². The summed E-state index contributed by atoms with van der Waals surface area (Å²) < 4.78 is 19.3. The van der Waals surface area contributed by atoms with Crippen LogP contribution in [0.2, 0.25) is 0 Å². The molecule has 1 atom stereocenters. The van der Waals surface area contributed by atoms with E-state index in [-0.39, 0.29) is 23.6 Å². The highest BCUT2D eigenvalue weighted by Gasteiger charge is 2.43. The fourth-order valence-corrected chi connectivity index (χ4v) is 4.18. The third-order valence-electron chi connectivity index (χ3n) is 5.71. The van der Waals surface area contributed by atoms with Crippen LogP contribution in [0.15, 0.2) is 48.5 Å². The minimum Gasteiger partial charge on any atom is -0.494 e. The van der Waals surface area contributed by atoms with E-state index in [0.29, 0.717) is 18.0 Å². The molecule has 0 radical (unpaired) electrons. The van der Waals surface area contributed by atoms with Gasteiger partial charge in [-0.3, -0.25) is 24.7 Å². The predicted octanol–water partition coefficient (Wildman–Crippen LogP) is 4.28. The summed E-state index contributed by atoms with van der Waals surface area (Å²) in [6.45, 7) is 4.82. The van der Waals surface area contributed by atoms with E-state index in [0.717, 1.165) is 18.9 Å². The number of amides is 3. The number of anilines is 1. The number of hydrogen-bond donors (Lipinski definition) is 2. The summed E-state index contributed by atoms with van der Waals surface area (Å²) in [5, 5.41) is 4.04. The third kappa shape index (κ3) is 7.00. The zero-order chi connectivity index (χ0) is 26.1. The number of carbonyl (C=O) groups excluding carboxylic acids is 3. The number of rotatable bonds is 12. The molecule has 1 heterocycles. The zero-order valence-electron chi connectivity index (χ0n) is 20.5. The SMILES string of the molecule is CCCCCCOc1ccc(NC(=O)CC2C(=O)N(CC)C(=S)N2NC(=O)c2cccc(F)c2)cc1. The van der Waals surface area contributed by atoms with Gasteiger partial charge in [-0.25, -0.2) is 9.40 Å². The summed E-state index contributed by atoms with van der Waals surface area (Å²) >= 11 is 5.36. The summed E-state index contributed by atoms with van der Waals surface area (Å²) in [7, 11) is 0. The largest absolute Gasteiger partial charge is 0.494 e. The highest BCUT2D eigenvalue weighted by Crippen LogP contribution is 2.21. The second-order valence-corrected chi connectivity index (χ2v) is 8.75. The van der Waals surface area contributed by atoms with Gasteiger partial charge in [0.1, 0.15) is 17.6 Å². The molecule has 0 saturated carbocycles. The molecule has 1 fully saturated rings. The van der Waals surface area contributed by atoms with Gasteiger partial charge in [0, 0.05) is 17.8 Å².